The molecule has 0 unspecified atom stereocenters. The van der Waals surface area contributed by atoms with Crippen LogP contribution in [0.2, 0.25) is 0 Å². The molecule has 1 aliphatic heterocycles. The maximum atomic E-state index is 12.6. The molecule has 92 valence electrons. The number of fused-ring (bicyclic) bond motifs is 2. The number of ether oxygens (including phenoxy) is 1. The molecule has 0 spiro atoms. The molecular weight excluding hydrogens is 243 g/mol. The second-order valence-corrected chi connectivity index (χ2v) is 4.47. The van der Waals surface area contributed by atoms with Crippen LogP contribution in [-0.4, -0.2) is 0 Å². The summed E-state index contributed by atoms with van der Waals surface area (Å²) in [6.07, 6.45) is 0. The highest BCUT2D eigenvalue weighted by molar-refractivity contribution is 6.06. The summed E-state index contributed by atoms with van der Waals surface area (Å²) in [6.45, 7) is 0. The summed E-state index contributed by atoms with van der Waals surface area (Å²) in [5.74, 6) is 1.75. The van der Waals surface area contributed by atoms with Gasteiger partial charge >= 0.3 is 0 Å². The second kappa shape index (κ2) is 3.72. The van der Waals surface area contributed by atoms with Crippen LogP contribution in [0.15, 0.2) is 54.6 Å². The van der Waals surface area contributed by atoms with Crippen LogP contribution in [0.25, 0.3) is 21.9 Å². The normalized spacial score (nSPS) is 11.8. The zero-order chi connectivity index (χ0) is 12.8. The zero-order valence-electron chi connectivity index (χ0n) is 9.89. The van der Waals surface area contributed by atoms with E-state index in [4.69, 9.17) is 4.74 Å². The fraction of sp³-hybridized carbons (Fsp3) is 0. The topological polar surface area (TPSA) is 18.5 Å². The van der Waals surface area contributed by atoms with Gasteiger partial charge in [0.15, 0.2) is 5.75 Å². The SMILES string of the molecule is FOc1ccc2c3c(cccc13)-c1ccccc1O2. The molecule has 19 heavy (non-hydrogen) atoms. The Bertz CT molecular complexity index is 796. The molecule has 3 aromatic carbocycles. The predicted octanol–water partition coefficient (Wildman–Crippen LogP) is 4.88. The second-order valence-electron chi connectivity index (χ2n) is 4.47. The lowest BCUT2D eigenvalue weighted by molar-refractivity contribution is -0.00426. The van der Waals surface area contributed by atoms with Crippen molar-refractivity contribution in [1.82, 2.24) is 0 Å². The van der Waals surface area contributed by atoms with E-state index in [2.05, 4.69) is 4.94 Å². The van der Waals surface area contributed by atoms with Crippen molar-refractivity contribution in [2.45, 2.75) is 0 Å². The van der Waals surface area contributed by atoms with E-state index in [9.17, 15) is 4.53 Å². The monoisotopic (exact) mass is 252 g/mol. The molecule has 4 rings (SSSR count). The van der Waals surface area contributed by atoms with Gasteiger partial charge in [0.1, 0.15) is 11.5 Å². The van der Waals surface area contributed by atoms with Gasteiger partial charge in [-0.05, 0) is 23.8 Å². The minimum Gasteiger partial charge on any atom is -0.456 e. The third-order valence-electron chi connectivity index (χ3n) is 3.44. The molecule has 1 heterocycles. The Morgan fingerprint density at radius 3 is 2.53 bits per heavy atom. The molecule has 0 bridgehead atoms. The first-order chi connectivity index (χ1) is 9.38. The summed E-state index contributed by atoms with van der Waals surface area (Å²) in [6, 6.07) is 16.9. The van der Waals surface area contributed by atoms with Crippen LogP contribution in [0.1, 0.15) is 0 Å². The van der Waals surface area contributed by atoms with Crippen molar-refractivity contribution in [1.29, 1.82) is 0 Å². The standard InChI is InChI=1S/C16H9FO2/c17-19-14-8-9-15-16-11(5-3-6-12(14)16)10-4-1-2-7-13(10)18-15/h1-9H. The Labute approximate surface area is 108 Å². The molecule has 0 aromatic heterocycles. The summed E-state index contributed by atoms with van der Waals surface area (Å²) in [5, 5.41) is 1.60. The predicted molar refractivity (Wildman–Crippen MR) is 71.2 cm³/mol. The lowest BCUT2D eigenvalue weighted by Gasteiger charge is -2.21. The highest BCUT2D eigenvalue weighted by atomic mass is 19.3. The number of benzene rings is 3. The summed E-state index contributed by atoms with van der Waals surface area (Å²) in [4.78, 5) is 3.94. The number of para-hydroxylation sites is 1. The van der Waals surface area contributed by atoms with Gasteiger partial charge in [-0.1, -0.05) is 36.4 Å². The van der Waals surface area contributed by atoms with Gasteiger partial charge in [0.05, 0.1) is 0 Å². The van der Waals surface area contributed by atoms with Crippen LogP contribution in [0.4, 0.5) is 4.53 Å². The highest BCUT2D eigenvalue weighted by Gasteiger charge is 2.21. The van der Waals surface area contributed by atoms with Crippen LogP contribution in [0, 0.1) is 0 Å². The van der Waals surface area contributed by atoms with E-state index in [1.807, 2.05) is 42.5 Å². The molecule has 0 N–H and O–H groups in total. The minimum atomic E-state index is 0.212. The molecular formula is C16H9FO2. The maximum absolute atomic E-state index is 12.6. The minimum absolute atomic E-state index is 0.212. The van der Waals surface area contributed by atoms with E-state index in [-0.39, 0.29) is 5.75 Å². The average molecular weight is 252 g/mol. The van der Waals surface area contributed by atoms with E-state index < -0.39 is 0 Å². The molecule has 3 aromatic rings. The third-order valence-corrected chi connectivity index (χ3v) is 3.44. The van der Waals surface area contributed by atoms with Crippen molar-refractivity contribution >= 4 is 10.8 Å². The molecule has 0 aliphatic carbocycles. The van der Waals surface area contributed by atoms with E-state index in [1.54, 1.807) is 12.1 Å². The van der Waals surface area contributed by atoms with E-state index in [0.29, 0.717) is 5.39 Å². The molecule has 2 nitrogen and oxygen atoms in total. The van der Waals surface area contributed by atoms with Crippen LogP contribution < -0.4 is 9.68 Å². The molecule has 0 saturated heterocycles. The fourth-order valence-electron chi connectivity index (χ4n) is 2.62. The Morgan fingerprint density at radius 2 is 1.63 bits per heavy atom. The zero-order valence-corrected chi connectivity index (χ0v) is 9.89. The molecule has 0 amide bonds. The number of hydrogen-bond donors (Lipinski definition) is 0. The number of halogens is 1. The van der Waals surface area contributed by atoms with Gasteiger partial charge in [-0.3, -0.25) is 4.94 Å². The molecule has 0 radical (unpaired) electrons. The molecule has 1 aliphatic rings. The molecule has 0 fully saturated rings. The quantitative estimate of drug-likeness (QED) is 0.481. The van der Waals surface area contributed by atoms with Gasteiger partial charge in [0.25, 0.3) is 0 Å². The summed E-state index contributed by atoms with van der Waals surface area (Å²) >= 11 is 0. The van der Waals surface area contributed by atoms with Crippen molar-refractivity contribution in [3.8, 4) is 28.4 Å². The summed E-state index contributed by atoms with van der Waals surface area (Å²) in [7, 11) is 0. The van der Waals surface area contributed by atoms with Crippen molar-refractivity contribution < 1.29 is 14.2 Å². The van der Waals surface area contributed by atoms with Crippen molar-refractivity contribution in [3.63, 3.8) is 0 Å². The Balaban J connectivity index is 2.17. The van der Waals surface area contributed by atoms with Crippen LogP contribution in [-0.2, 0) is 0 Å². The van der Waals surface area contributed by atoms with Gasteiger partial charge in [0, 0.05) is 20.9 Å². The maximum Gasteiger partial charge on any atom is 0.179 e. The Morgan fingerprint density at radius 1 is 0.789 bits per heavy atom. The van der Waals surface area contributed by atoms with E-state index in [1.165, 1.54) is 0 Å². The van der Waals surface area contributed by atoms with Gasteiger partial charge in [-0.15, -0.1) is 0 Å². The van der Waals surface area contributed by atoms with Crippen molar-refractivity contribution in [2.24, 2.45) is 0 Å². The van der Waals surface area contributed by atoms with Gasteiger partial charge < -0.3 is 4.74 Å². The van der Waals surface area contributed by atoms with Gasteiger partial charge in [0.2, 0.25) is 0 Å². The Hall–Kier alpha value is -2.55. The molecule has 0 saturated carbocycles. The van der Waals surface area contributed by atoms with E-state index >= 15 is 0 Å². The lowest BCUT2D eigenvalue weighted by atomic mass is 9.94. The van der Waals surface area contributed by atoms with Crippen LogP contribution in [0.3, 0.4) is 0 Å². The van der Waals surface area contributed by atoms with Crippen LogP contribution >= 0.6 is 0 Å². The van der Waals surface area contributed by atoms with Crippen LogP contribution in [0.5, 0.6) is 17.2 Å². The van der Waals surface area contributed by atoms with Gasteiger partial charge in [-0.25, -0.2) is 0 Å². The first kappa shape index (κ1) is 10.4. The fourth-order valence-corrected chi connectivity index (χ4v) is 2.62. The largest absolute Gasteiger partial charge is 0.456 e. The summed E-state index contributed by atoms with van der Waals surface area (Å²) < 4.78 is 18.5. The number of rotatable bonds is 1. The van der Waals surface area contributed by atoms with Crippen molar-refractivity contribution in [2.75, 3.05) is 0 Å². The Kier molecular flexibility index (Phi) is 2.03. The smallest absolute Gasteiger partial charge is 0.179 e. The van der Waals surface area contributed by atoms with Gasteiger partial charge in [-0.2, -0.15) is 0 Å². The summed E-state index contributed by atoms with van der Waals surface area (Å²) in [5.41, 5.74) is 2.05. The third kappa shape index (κ3) is 1.35. The average Bonchev–Trinajstić information content (AvgIpc) is 2.48. The highest BCUT2D eigenvalue weighted by Crippen LogP contribution is 2.48. The first-order valence-electron chi connectivity index (χ1n) is 6.00. The molecule has 0 atom stereocenters. The van der Waals surface area contributed by atoms with Crippen molar-refractivity contribution in [3.05, 3.63) is 54.6 Å². The number of hydrogen-bond acceptors (Lipinski definition) is 2. The first-order valence-corrected chi connectivity index (χ1v) is 6.00. The van der Waals surface area contributed by atoms with E-state index in [0.717, 1.165) is 28.0 Å². The molecule has 3 heteroatoms. The lowest BCUT2D eigenvalue weighted by Crippen LogP contribution is -1.97.